The summed E-state index contributed by atoms with van der Waals surface area (Å²) in [5.74, 6) is -3.39. The molecule has 0 radical (unpaired) electrons. The van der Waals surface area contributed by atoms with Crippen molar-refractivity contribution in [3.63, 3.8) is 0 Å². The Hall–Kier alpha value is -2.32. The van der Waals surface area contributed by atoms with Gasteiger partial charge in [-0.05, 0) is 0 Å². The van der Waals surface area contributed by atoms with E-state index in [1.54, 1.807) is 0 Å². The van der Waals surface area contributed by atoms with Crippen molar-refractivity contribution >= 4 is 11.7 Å². The van der Waals surface area contributed by atoms with E-state index in [1.807, 2.05) is 0 Å². The second-order valence-electron chi connectivity index (χ2n) is 2.93. The molecule has 0 aliphatic rings. The molecule has 0 saturated carbocycles. The number of hydrogen-bond donors (Lipinski definition) is 0. The lowest BCUT2D eigenvalue weighted by Crippen LogP contribution is -2.10. The molecule has 0 N–H and O–H groups in total. The summed E-state index contributed by atoms with van der Waals surface area (Å²) in [5.41, 5.74) is -1.71. The lowest BCUT2D eigenvalue weighted by atomic mass is 10.1. The van der Waals surface area contributed by atoms with Gasteiger partial charge in [0.1, 0.15) is 11.3 Å². The van der Waals surface area contributed by atoms with Crippen LogP contribution in [-0.2, 0) is 4.74 Å². The molecule has 0 saturated heterocycles. The van der Waals surface area contributed by atoms with Gasteiger partial charge in [-0.2, -0.15) is 13.2 Å². The molecular weight excluding hydrogens is 259 g/mol. The number of halogens is 3. The van der Waals surface area contributed by atoms with Crippen LogP contribution < -0.4 is 4.74 Å². The normalized spacial score (nSPS) is 10.3. The van der Waals surface area contributed by atoms with Gasteiger partial charge in [0.2, 0.25) is 5.82 Å². The summed E-state index contributed by atoms with van der Waals surface area (Å²) in [7, 11) is 0.934. The van der Waals surface area contributed by atoms with Gasteiger partial charge < -0.3 is 9.47 Å². The third-order valence-electron chi connectivity index (χ3n) is 1.87. The molecule has 9 heteroatoms. The monoisotopic (exact) mass is 265 g/mol. The number of methoxy groups -OCH3 is 1. The van der Waals surface area contributed by atoms with Crippen LogP contribution in [0.15, 0.2) is 12.1 Å². The van der Waals surface area contributed by atoms with Crippen LogP contribution >= 0.6 is 0 Å². The first kappa shape index (κ1) is 13.7. The summed E-state index contributed by atoms with van der Waals surface area (Å²) < 4.78 is 45.3. The molecule has 18 heavy (non-hydrogen) atoms. The maximum absolute atomic E-state index is 13.2. The Morgan fingerprint density at radius 1 is 1.44 bits per heavy atom. The minimum absolute atomic E-state index is 0.330. The molecule has 1 rings (SSSR count). The fourth-order valence-electron chi connectivity index (χ4n) is 1.15. The van der Waals surface area contributed by atoms with Gasteiger partial charge in [-0.3, -0.25) is 10.1 Å². The molecule has 0 heterocycles. The van der Waals surface area contributed by atoms with Gasteiger partial charge in [-0.1, -0.05) is 0 Å². The van der Waals surface area contributed by atoms with Crippen LogP contribution in [0.2, 0.25) is 0 Å². The number of carbonyl (C=O) groups excluding carboxylic acids is 1. The SMILES string of the molecule is COC(=O)c1cc([N+](=O)[O-])c(F)cc1OC(F)F. The van der Waals surface area contributed by atoms with Crippen molar-refractivity contribution in [3.8, 4) is 5.75 Å². The Morgan fingerprint density at radius 3 is 2.50 bits per heavy atom. The summed E-state index contributed by atoms with van der Waals surface area (Å²) in [5, 5.41) is 10.4. The Balaban J connectivity index is 3.36. The molecule has 98 valence electrons. The summed E-state index contributed by atoms with van der Waals surface area (Å²) in [6.45, 7) is -3.31. The fraction of sp³-hybridized carbons (Fsp3) is 0.222. The number of nitro benzene ring substituents is 1. The average molecular weight is 265 g/mol. The number of alkyl halides is 2. The molecule has 0 spiro atoms. The van der Waals surface area contributed by atoms with E-state index in [-0.39, 0.29) is 0 Å². The van der Waals surface area contributed by atoms with Crippen molar-refractivity contribution in [2.24, 2.45) is 0 Å². The molecule has 0 aromatic heterocycles. The van der Waals surface area contributed by atoms with Crippen molar-refractivity contribution in [1.29, 1.82) is 0 Å². The third-order valence-corrected chi connectivity index (χ3v) is 1.87. The topological polar surface area (TPSA) is 78.7 Å². The first-order chi connectivity index (χ1) is 8.36. The van der Waals surface area contributed by atoms with Crippen LogP contribution in [0.3, 0.4) is 0 Å². The maximum atomic E-state index is 13.2. The summed E-state index contributed by atoms with van der Waals surface area (Å²) in [4.78, 5) is 20.5. The molecule has 0 fully saturated rings. The van der Waals surface area contributed by atoms with E-state index < -0.39 is 40.3 Å². The highest BCUT2D eigenvalue weighted by atomic mass is 19.3. The Kier molecular flexibility index (Phi) is 4.08. The van der Waals surface area contributed by atoms with Crippen molar-refractivity contribution in [2.45, 2.75) is 6.61 Å². The van der Waals surface area contributed by atoms with E-state index in [0.717, 1.165) is 7.11 Å². The molecule has 1 aromatic rings. The highest BCUT2D eigenvalue weighted by Gasteiger charge is 2.25. The zero-order chi connectivity index (χ0) is 13.9. The molecule has 1 aromatic carbocycles. The summed E-state index contributed by atoms with van der Waals surface area (Å²) in [6, 6.07) is 0.801. The predicted molar refractivity (Wildman–Crippen MR) is 51.0 cm³/mol. The fourth-order valence-corrected chi connectivity index (χ4v) is 1.15. The van der Waals surface area contributed by atoms with E-state index in [4.69, 9.17) is 0 Å². The van der Waals surface area contributed by atoms with Gasteiger partial charge in [0.25, 0.3) is 0 Å². The number of nitrogens with zero attached hydrogens (tertiary/aromatic N) is 1. The molecular formula is C9H6F3NO5. The zero-order valence-corrected chi connectivity index (χ0v) is 8.85. The minimum atomic E-state index is -3.31. The second-order valence-corrected chi connectivity index (χ2v) is 2.93. The molecule has 0 aliphatic heterocycles. The van der Waals surface area contributed by atoms with E-state index in [9.17, 15) is 28.1 Å². The van der Waals surface area contributed by atoms with E-state index in [1.165, 1.54) is 0 Å². The van der Waals surface area contributed by atoms with Gasteiger partial charge in [-0.15, -0.1) is 0 Å². The van der Waals surface area contributed by atoms with Crippen LogP contribution in [-0.4, -0.2) is 24.6 Å². The highest BCUT2D eigenvalue weighted by molar-refractivity contribution is 5.93. The number of rotatable bonds is 4. The quantitative estimate of drug-likeness (QED) is 0.473. The summed E-state index contributed by atoms with van der Waals surface area (Å²) >= 11 is 0. The van der Waals surface area contributed by atoms with Crippen LogP contribution in [0.4, 0.5) is 18.9 Å². The van der Waals surface area contributed by atoms with Crippen molar-refractivity contribution < 1.29 is 32.4 Å². The van der Waals surface area contributed by atoms with Gasteiger partial charge in [-0.25, -0.2) is 4.79 Å². The molecule has 0 unspecified atom stereocenters. The number of hydrogen-bond acceptors (Lipinski definition) is 5. The van der Waals surface area contributed by atoms with Gasteiger partial charge in [0.05, 0.1) is 12.0 Å². The van der Waals surface area contributed by atoms with Crippen LogP contribution in [0.1, 0.15) is 10.4 Å². The molecule has 0 atom stereocenters. The number of esters is 1. The highest BCUT2D eigenvalue weighted by Crippen LogP contribution is 2.29. The number of nitro groups is 1. The summed E-state index contributed by atoms with van der Waals surface area (Å²) in [6.07, 6.45) is 0. The molecule has 0 bridgehead atoms. The number of benzene rings is 1. The predicted octanol–water partition coefficient (Wildman–Crippen LogP) is 2.12. The Labute approximate surface area is 98.1 Å². The Bertz CT molecular complexity index is 491. The molecule has 6 nitrogen and oxygen atoms in total. The minimum Gasteiger partial charge on any atom is -0.465 e. The standard InChI is InChI=1S/C9H6F3NO5/c1-17-8(14)4-2-6(13(15)16)5(10)3-7(4)18-9(11)12/h2-3,9H,1H3. The Morgan fingerprint density at radius 2 is 2.06 bits per heavy atom. The van der Waals surface area contributed by atoms with E-state index in [2.05, 4.69) is 9.47 Å². The van der Waals surface area contributed by atoms with Gasteiger partial charge >= 0.3 is 18.3 Å². The molecule has 0 aliphatic carbocycles. The number of ether oxygens (including phenoxy) is 2. The average Bonchev–Trinajstić information content (AvgIpc) is 2.27. The van der Waals surface area contributed by atoms with E-state index >= 15 is 0 Å². The third kappa shape index (κ3) is 2.87. The van der Waals surface area contributed by atoms with E-state index in [0.29, 0.717) is 12.1 Å². The second kappa shape index (κ2) is 5.34. The van der Waals surface area contributed by atoms with Crippen molar-refractivity contribution in [2.75, 3.05) is 7.11 Å². The first-order valence-electron chi connectivity index (χ1n) is 4.38. The first-order valence-corrected chi connectivity index (χ1v) is 4.38. The lowest BCUT2D eigenvalue weighted by Gasteiger charge is -2.09. The van der Waals surface area contributed by atoms with Crippen LogP contribution in [0, 0.1) is 15.9 Å². The van der Waals surface area contributed by atoms with Crippen LogP contribution in [0.5, 0.6) is 5.75 Å². The lowest BCUT2D eigenvalue weighted by molar-refractivity contribution is -0.387. The van der Waals surface area contributed by atoms with Crippen molar-refractivity contribution in [3.05, 3.63) is 33.6 Å². The smallest absolute Gasteiger partial charge is 0.387 e. The van der Waals surface area contributed by atoms with Gasteiger partial charge in [0, 0.05) is 12.1 Å². The zero-order valence-electron chi connectivity index (χ0n) is 8.85. The maximum Gasteiger partial charge on any atom is 0.387 e. The van der Waals surface area contributed by atoms with Gasteiger partial charge in [0.15, 0.2) is 0 Å². The largest absolute Gasteiger partial charge is 0.465 e. The molecule has 0 amide bonds. The van der Waals surface area contributed by atoms with Crippen molar-refractivity contribution in [1.82, 2.24) is 0 Å². The number of carbonyl (C=O) groups is 1. The van der Waals surface area contributed by atoms with Crippen LogP contribution in [0.25, 0.3) is 0 Å².